The number of benzene rings is 1. The van der Waals surface area contributed by atoms with Crippen molar-refractivity contribution in [1.29, 1.82) is 5.26 Å². The standard InChI is InChI=1S/C24H22N8O2/c1-26-19-12-24(13-19,7-8-25)32-15-17(14-28-32)21-6-9-27-23(30-21)29-18-2-4-20(5-3-18)31-10-11-34-16-22(31)33/h2-6,9,14-15,19H,7,10-13,16H2,(H,27,29,30). The highest BCUT2D eigenvalue weighted by atomic mass is 16.5. The van der Waals surface area contributed by atoms with E-state index in [1.54, 1.807) is 23.4 Å². The molecular formula is C24H22N8O2. The maximum absolute atomic E-state index is 12.0. The Morgan fingerprint density at radius 1 is 1.29 bits per heavy atom. The number of nitriles is 1. The Bertz CT molecular complexity index is 1280. The minimum Gasteiger partial charge on any atom is -0.370 e. The van der Waals surface area contributed by atoms with E-state index in [1.807, 2.05) is 35.1 Å². The Kier molecular flexibility index (Phi) is 5.66. The number of rotatable bonds is 6. The third-order valence-electron chi connectivity index (χ3n) is 6.26. The van der Waals surface area contributed by atoms with Crippen LogP contribution >= 0.6 is 0 Å². The Labute approximate surface area is 196 Å². The second kappa shape index (κ2) is 8.93. The molecular weight excluding hydrogens is 432 g/mol. The van der Waals surface area contributed by atoms with Gasteiger partial charge in [0.15, 0.2) is 0 Å². The molecule has 1 saturated carbocycles. The zero-order valence-corrected chi connectivity index (χ0v) is 18.4. The van der Waals surface area contributed by atoms with E-state index in [9.17, 15) is 10.1 Å². The third kappa shape index (κ3) is 4.07. The van der Waals surface area contributed by atoms with Gasteiger partial charge < -0.3 is 19.8 Å². The molecule has 2 aliphatic rings. The molecule has 2 fully saturated rings. The molecule has 1 N–H and O–H groups in total. The van der Waals surface area contributed by atoms with Crippen LogP contribution in [0.4, 0.5) is 17.3 Å². The molecule has 3 heterocycles. The highest BCUT2D eigenvalue weighted by molar-refractivity contribution is 5.95. The van der Waals surface area contributed by atoms with Crippen LogP contribution in [0.15, 0.2) is 48.9 Å². The van der Waals surface area contributed by atoms with Gasteiger partial charge in [-0.25, -0.2) is 16.5 Å². The smallest absolute Gasteiger partial charge is 0.253 e. The van der Waals surface area contributed by atoms with Crippen LogP contribution in [0.5, 0.6) is 0 Å². The van der Waals surface area contributed by atoms with Crippen molar-refractivity contribution < 1.29 is 9.53 Å². The van der Waals surface area contributed by atoms with Crippen LogP contribution in [0.3, 0.4) is 0 Å². The Hall–Kier alpha value is -4.28. The number of aromatic nitrogens is 4. The molecule has 0 atom stereocenters. The van der Waals surface area contributed by atoms with Gasteiger partial charge in [0.05, 0.1) is 36.5 Å². The van der Waals surface area contributed by atoms with E-state index in [2.05, 4.69) is 31.3 Å². The van der Waals surface area contributed by atoms with Gasteiger partial charge in [-0.3, -0.25) is 9.48 Å². The summed E-state index contributed by atoms with van der Waals surface area (Å²) in [6.45, 7) is 8.40. The lowest BCUT2D eigenvalue weighted by Crippen LogP contribution is -2.48. The average Bonchev–Trinajstić information content (AvgIpc) is 3.33. The van der Waals surface area contributed by atoms with Gasteiger partial charge in [0, 0.05) is 48.7 Å². The van der Waals surface area contributed by atoms with Crippen molar-refractivity contribution in [1.82, 2.24) is 19.7 Å². The van der Waals surface area contributed by atoms with E-state index in [4.69, 9.17) is 11.3 Å². The molecule has 5 rings (SSSR count). The van der Waals surface area contributed by atoms with Crippen LogP contribution in [0, 0.1) is 17.9 Å². The molecule has 0 spiro atoms. The molecule has 1 aliphatic carbocycles. The molecule has 1 aliphatic heterocycles. The van der Waals surface area contributed by atoms with Crippen LogP contribution in [0.2, 0.25) is 0 Å². The number of amides is 1. The number of nitrogens with zero attached hydrogens (tertiary/aromatic N) is 7. The molecule has 1 aromatic carbocycles. The van der Waals surface area contributed by atoms with Crippen LogP contribution in [0.1, 0.15) is 19.3 Å². The van der Waals surface area contributed by atoms with Crippen molar-refractivity contribution in [2.45, 2.75) is 30.8 Å². The first-order chi connectivity index (χ1) is 16.6. The maximum Gasteiger partial charge on any atom is 0.253 e. The number of carbonyl (C=O) groups is 1. The van der Waals surface area contributed by atoms with Gasteiger partial charge in [0.2, 0.25) is 12.0 Å². The Balaban J connectivity index is 1.31. The zero-order chi connectivity index (χ0) is 23.5. The second-order valence-corrected chi connectivity index (χ2v) is 8.46. The molecule has 10 heteroatoms. The molecule has 0 radical (unpaired) electrons. The summed E-state index contributed by atoms with van der Waals surface area (Å²) in [5.74, 6) is 0.385. The van der Waals surface area contributed by atoms with Crippen LogP contribution in [-0.2, 0) is 15.1 Å². The SMILES string of the molecule is [C-]#[N+]C1CC(CC#N)(n2cc(-c3ccnc(Nc4ccc(N5CCOCC5=O)cc4)n3)cn2)C1. The quantitative estimate of drug-likeness (QED) is 0.569. The van der Waals surface area contributed by atoms with Gasteiger partial charge >= 0.3 is 0 Å². The molecule has 10 nitrogen and oxygen atoms in total. The number of anilines is 3. The predicted molar refractivity (Wildman–Crippen MR) is 124 cm³/mol. The summed E-state index contributed by atoms with van der Waals surface area (Å²) in [6, 6.07) is 11.5. The lowest BCUT2D eigenvalue weighted by atomic mass is 9.71. The van der Waals surface area contributed by atoms with Crippen LogP contribution in [0.25, 0.3) is 16.1 Å². The topological polar surface area (TPSA) is 113 Å². The first-order valence-electron chi connectivity index (χ1n) is 11.0. The highest BCUT2D eigenvalue weighted by Gasteiger charge is 2.50. The average molecular weight is 454 g/mol. The zero-order valence-electron chi connectivity index (χ0n) is 18.4. The largest absolute Gasteiger partial charge is 0.370 e. The fourth-order valence-corrected chi connectivity index (χ4v) is 4.41. The van der Waals surface area contributed by atoms with Gasteiger partial charge in [-0.1, -0.05) is 0 Å². The number of ether oxygens (including phenoxy) is 1. The lowest BCUT2D eigenvalue weighted by Gasteiger charge is -2.40. The summed E-state index contributed by atoms with van der Waals surface area (Å²) in [6.07, 6.45) is 6.87. The fraction of sp³-hybridized carbons (Fsp3) is 0.333. The predicted octanol–water partition coefficient (Wildman–Crippen LogP) is 3.14. The number of carbonyl (C=O) groups excluding carboxylic acids is 1. The van der Waals surface area contributed by atoms with Crippen molar-refractivity contribution in [3.63, 3.8) is 0 Å². The number of morpholine rings is 1. The molecule has 0 bridgehead atoms. The molecule has 1 amide bonds. The first kappa shape index (κ1) is 21.6. The molecule has 3 aromatic rings. The minimum atomic E-state index is -0.417. The summed E-state index contributed by atoms with van der Waals surface area (Å²) in [5.41, 5.74) is 2.72. The van der Waals surface area contributed by atoms with Crippen LogP contribution < -0.4 is 10.2 Å². The Morgan fingerprint density at radius 2 is 2.12 bits per heavy atom. The molecule has 170 valence electrons. The van der Waals surface area contributed by atoms with E-state index >= 15 is 0 Å². The summed E-state index contributed by atoms with van der Waals surface area (Å²) in [4.78, 5) is 26.3. The van der Waals surface area contributed by atoms with Crippen molar-refractivity contribution in [2.75, 3.05) is 30.0 Å². The Morgan fingerprint density at radius 3 is 2.85 bits per heavy atom. The van der Waals surface area contributed by atoms with Crippen LogP contribution in [-0.4, -0.2) is 51.5 Å². The van der Waals surface area contributed by atoms with E-state index in [0.29, 0.717) is 44.1 Å². The highest BCUT2D eigenvalue weighted by Crippen LogP contribution is 2.44. The summed E-state index contributed by atoms with van der Waals surface area (Å²) < 4.78 is 7.00. The van der Waals surface area contributed by atoms with Crippen molar-refractivity contribution in [2.24, 2.45) is 0 Å². The minimum absolute atomic E-state index is 0.0494. The number of hydrogen-bond acceptors (Lipinski definition) is 7. The summed E-state index contributed by atoms with van der Waals surface area (Å²) in [5, 5.41) is 17.0. The maximum atomic E-state index is 12.0. The van der Waals surface area contributed by atoms with E-state index in [-0.39, 0.29) is 18.6 Å². The molecule has 34 heavy (non-hydrogen) atoms. The van der Waals surface area contributed by atoms with E-state index < -0.39 is 5.54 Å². The summed E-state index contributed by atoms with van der Waals surface area (Å²) >= 11 is 0. The molecule has 0 unspecified atom stereocenters. The van der Waals surface area contributed by atoms with Gasteiger partial charge in [-0.2, -0.15) is 10.4 Å². The molecule has 1 saturated heterocycles. The van der Waals surface area contributed by atoms with Gasteiger partial charge in [-0.15, -0.1) is 0 Å². The first-order valence-corrected chi connectivity index (χ1v) is 11.0. The van der Waals surface area contributed by atoms with Gasteiger partial charge in [-0.05, 0) is 30.3 Å². The number of hydrogen-bond donors (Lipinski definition) is 1. The monoisotopic (exact) mass is 454 g/mol. The van der Waals surface area contributed by atoms with Crippen molar-refractivity contribution in [3.05, 3.63) is 60.3 Å². The van der Waals surface area contributed by atoms with Gasteiger partial charge in [0.1, 0.15) is 6.61 Å². The molecule has 2 aromatic heterocycles. The second-order valence-electron chi connectivity index (χ2n) is 8.46. The van der Waals surface area contributed by atoms with E-state index in [1.165, 1.54) is 0 Å². The van der Waals surface area contributed by atoms with Gasteiger partial charge in [0.25, 0.3) is 5.91 Å². The van der Waals surface area contributed by atoms with Crippen molar-refractivity contribution in [3.8, 4) is 17.3 Å². The fourth-order valence-electron chi connectivity index (χ4n) is 4.41. The lowest BCUT2D eigenvalue weighted by molar-refractivity contribution is -0.125. The van der Waals surface area contributed by atoms with E-state index in [0.717, 1.165) is 16.9 Å². The van der Waals surface area contributed by atoms with Crippen molar-refractivity contribution >= 4 is 23.2 Å². The summed E-state index contributed by atoms with van der Waals surface area (Å²) in [7, 11) is 0. The normalized spacial score (nSPS) is 21.9. The third-order valence-corrected chi connectivity index (χ3v) is 6.26. The number of nitrogens with one attached hydrogen (secondary N) is 1.